The molecule has 2 aliphatic rings. The van der Waals surface area contributed by atoms with Crippen LogP contribution in [-0.4, -0.2) is 65.9 Å². The van der Waals surface area contributed by atoms with Gasteiger partial charge in [0.1, 0.15) is 23.7 Å². The van der Waals surface area contributed by atoms with Gasteiger partial charge in [-0.05, 0) is 48.1 Å². The summed E-state index contributed by atoms with van der Waals surface area (Å²) in [5, 5.41) is 17.8. The number of carboxylic acids is 1. The van der Waals surface area contributed by atoms with Crippen molar-refractivity contribution in [2.45, 2.75) is 57.7 Å². The van der Waals surface area contributed by atoms with Crippen molar-refractivity contribution in [3.05, 3.63) is 53.7 Å². The van der Waals surface area contributed by atoms with Gasteiger partial charge in [-0.2, -0.15) is 0 Å². The SMILES string of the molecule is CC(C)C1COCCCCOc2ccc(cc2)CC(NC(=O)NC(Cc2ccc(N)nc2)C(=O)O)C(=O)N1. The lowest BCUT2D eigenvalue weighted by Crippen LogP contribution is -2.56. The number of pyridine rings is 1. The fourth-order valence-corrected chi connectivity index (χ4v) is 3.91. The molecule has 4 rings (SSSR count). The summed E-state index contributed by atoms with van der Waals surface area (Å²) in [5.41, 5.74) is 6.99. The number of carbonyl (C=O) groups excluding carboxylic acids is 2. The summed E-state index contributed by atoms with van der Waals surface area (Å²) in [6.07, 6.45) is 3.35. The largest absolute Gasteiger partial charge is 0.494 e. The molecule has 0 saturated carbocycles. The number of nitrogens with two attached hydrogens (primary N) is 1. The zero-order chi connectivity index (χ0) is 27.5. The third-order valence-corrected chi connectivity index (χ3v) is 6.26. The Bertz CT molecular complexity index is 1060. The second kappa shape index (κ2) is 14.2. The van der Waals surface area contributed by atoms with Crippen molar-refractivity contribution in [2.24, 2.45) is 5.92 Å². The molecule has 0 aliphatic carbocycles. The molecule has 0 radical (unpaired) electrons. The van der Waals surface area contributed by atoms with Crippen molar-refractivity contribution in [2.75, 3.05) is 25.6 Å². The Labute approximate surface area is 222 Å². The molecule has 3 amide bonds. The first-order valence-electron chi connectivity index (χ1n) is 12.8. The number of urea groups is 1. The Morgan fingerprint density at radius 1 is 1.16 bits per heavy atom. The maximum atomic E-state index is 13.3. The number of ether oxygens (including phenoxy) is 2. The lowest BCUT2D eigenvalue weighted by atomic mass is 10.0. The highest BCUT2D eigenvalue weighted by Gasteiger charge is 2.27. The number of carboxylic acid groups (broad SMARTS) is 1. The van der Waals surface area contributed by atoms with E-state index < -0.39 is 24.1 Å². The van der Waals surface area contributed by atoms with Crippen LogP contribution in [0.5, 0.6) is 5.75 Å². The van der Waals surface area contributed by atoms with Crippen LogP contribution in [-0.2, 0) is 27.2 Å². The number of hydrogen-bond acceptors (Lipinski definition) is 7. The number of aromatic nitrogens is 1. The van der Waals surface area contributed by atoms with E-state index in [1.807, 2.05) is 38.1 Å². The Morgan fingerprint density at radius 2 is 1.89 bits per heavy atom. The van der Waals surface area contributed by atoms with Crippen LogP contribution in [0.2, 0.25) is 0 Å². The maximum Gasteiger partial charge on any atom is 0.326 e. The Hall–Kier alpha value is -3.86. The van der Waals surface area contributed by atoms with Crippen LogP contribution in [0.4, 0.5) is 10.6 Å². The van der Waals surface area contributed by atoms with Gasteiger partial charge in [0, 0.05) is 25.6 Å². The third kappa shape index (κ3) is 9.22. The number of anilines is 1. The molecule has 11 nitrogen and oxygen atoms in total. The molecule has 0 saturated heterocycles. The number of nitrogens with one attached hydrogen (secondary N) is 3. The minimum atomic E-state index is -1.23. The Kier molecular flexibility index (Phi) is 10.7. The van der Waals surface area contributed by atoms with Gasteiger partial charge in [-0.3, -0.25) is 4.79 Å². The second-order valence-electron chi connectivity index (χ2n) is 9.69. The molecule has 0 fully saturated rings. The van der Waals surface area contributed by atoms with Crippen LogP contribution in [0.3, 0.4) is 0 Å². The van der Waals surface area contributed by atoms with Gasteiger partial charge in [0.05, 0.1) is 19.3 Å². The van der Waals surface area contributed by atoms with Crippen molar-refractivity contribution >= 4 is 23.7 Å². The van der Waals surface area contributed by atoms with Crippen LogP contribution in [0, 0.1) is 5.92 Å². The van der Waals surface area contributed by atoms with E-state index in [1.54, 1.807) is 12.1 Å². The molecule has 1 aromatic heterocycles. The minimum absolute atomic E-state index is 0.00111. The molecular formula is C27H37N5O6. The first-order chi connectivity index (χ1) is 18.2. The number of nitrogens with zero attached hydrogens (tertiary/aromatic N) is 1. The molecule has 2 aliphatic heterocycles. The number of rotatable bonds is 6. The summed E-state index contributed by atoms with van der Waals surface area (Å²) in [4.78, 5) is 42.0. The van der Waals surface area contributed by atoms with Gasteiger partial charge in [-0.1, -0.05) is 32.0 Å². The molecule has 38 heavy (non-hydrogen) atoms. The van der Waals surface area contributed by atoms with Gasteiger partial charge in [0.15, 0.2) is 0 Å². The topological polar surface area (TPSA) is 165 Å². The van der Waals surface area contributed by atoms with E-state index in [0.29, 0.717) is 31.2 Å². The normalized spacial score (nSPS) is 19.7. The van der Waals surface area contributed by atoms with E-state index in [4.69, 9.17) is 15.2 Å². The van der Waals surface area contributed by atoms with Crippen LogP contribution >= 0.6 is 0 Å². The number of hydrogen-bond donors (Lipinski definition) is 5. The second-order valence-corrected chi connectivity index (χ2v) is 9.69. The summed E-state index contributed by atoms with van der Waals surface area (Å²) in [7, 11) is 0. The van der Waals surface area contributed by atoms with E-state index in [1.165, 1.54) is 6.20 Å². The van der Waals surface area contributed by atoms with Gasteiger partial charge >= 0.3 is 12.0 Å². The fourth-order valence-electron chi connectivity index (χ4n) is 3.91. The van der Waals surface area contributed by atoms with E-state index in [2.05, 4.69) is 20.9 Å². The number of fused-ring (bicyclic) bond motifs is 13. The molecule has 3 heterocycles. The van der Waals surface area contributed by atoms with E-state index in [9.17, 15) is 19.5 Å². The molecule has 6 N–H and O–H groups in total. The summed E-state index contributed by atoms with van der Waals surface area (Å²) < 4.78 is 11.6. The fraction of sp³-hybridized carbons (Fsp3) is 0.481. The quantitative estimate of drug-likeness (QED) is 0.380. The lowest BCUT2D eigenvalue weighted by molar-refractivity contribution is -0.139. The standard InChI is InChI=1S/C27H37N5O6/c1-17(2)23-16-37-11-3-4-12-38-20-8-5-18(6-9-20)13-21(25(33)30-23)31-27(36)32-22(26(34)35)14-19-7-10-24(28)29-15-19/h5-10,15,17,21-23H,3-4,11-14,16H2,1-2H3,(H2,28,29)(H,30,33)(H,34,35)(H2,31,32,36). The molecule has 2 bridgehead atoms. The molecule has 3 atom stereocenters. The highest BCUT2D eigenvalue weighted by molar-refractivity contribution is 5.89. The van der Waals surface area contributed by atoms with E-state index in [0.717, 1.165) is 24.2 Å². The first-order valence-corrected chi connectivity index (χ1v) is 12.8. The van der Waals surface area contributed by atoms with Crippen molar-refractivity contribution in [1.82, 2.24) is 20.9 Å². The van der Waals surface area contributed by atoms with E-state index >= 15 is 0 Å². The molecular weight excluding hydrogens is 490 g/mol. The van der Waals surface area contributed by atoms with Gasteiger partial charge in [-0.25, -0.2) is 14.6 Å². The average Bonchev–Trinajstić information content (AvgIpc) is 2.87. The van der Waals surface area contributed by atoms with Crippen molar-refractivity contribution < 1.29 is 29.0 Å². The number of carbonyl (C=O) groups is 3. The lowest BCUT2D eigenvalue weighted by Gasteiger charge is -2.26. The number of aliphatic carboxylic acids is 1. The summed E-state index contributed by atoms with van der Waals surface area (Å²) >= 11 is 0. The smallest absolute Gasteiger partial charge is 0.326 e. The van der Waals surface area contributed by atoms with Crippen LogP contribution in [0.25, 0.3) is 0 Å². The molecule has 11 heteroatoms. The number of benzene rings is 1. The zero-order valence-electron chi connectivity index (χ0n) is 21.8. The Balaban J connectivity index is 1.75. The predicted octanol–water partition coefficient (Wildman–Crippen LogP) is 1.90. The summed E-state index contributed by atoms with van der Waals surface area (Å²) in [5.74, 6) is -0.479. The summed E-state index contributed by atoms with van der Waals surface area (Å²) in [6, 6.07) is 7.33. The van der Waals surface area contributed by atoms with Crippen LogP contribution in [0.1, 0.15) is 37.8 Å². The van der Waals surface area contributed by atoms with Gasteiger partial charge < -0.3 is 36.3 Å². The van der Waals surface area contributed by atoms with Crippen molar-refractivity contribution in [1.29, 1.82) is 0 Å². The average molecular weight is 528 g/mol. The van der Waals surface area contributed by atoms with Crippen LogP contribution in [0.15, 0.2) is 42.6 Å². The number of amides is 3. The highest BCUT2D eigenvalue weighted by Crippen LogP contribution is 2.15. The molecule has 206 valence electrons. The molecule has 0 spiro atoms. The third-order valence-electron chi connectivity index (χ3n) is 6.26. The molecule has 2 aromatic rings. The maximum absolute atomic E-state index is 13.3. The van der Waals surface area contributed by atoms with Gasteiger partial charge in [0.2, 0.25) is 5.91 Å². The van der Waals surface area contributed by atoms with Crippen molar-refractivity contribution in [3.8, 4) is 5.75 Å². The van der Waals surface area contributed by atoms with E-state index in [-0.39, 0.29) is 30.7 Å². The van der Waals surface area contributed by atoms with Gasteiger partial charge in [0.25, 0.3) is 0 Å². The monoisotopic (exact) mass is 527 g/mol. The molecule has 3 unspecified atom stereocenters. The van der Waals surface area contributed by atoms with Crippen molar-refractivity contribution in [3.63, 3.8) is 0 Å². The Morgan fingerprint density at radius 3 is 2.55 bits per heavy atom. The minimum Gasteiger partial charge on any atom is -0.494 e. The highest BCUT2D eigenvalue weighted by atomic mass is 16.5. The molecule has 1 aromatic carbocycles. The zero-order valence-corrected chi connectivity index (χ0v) is 21.8. The van der Waals surface area contributed by atoms with Gasteiger partial charge in [-0.15, -0.1) is 0 Å². The summed E-state index contributed by atoms with van der Waals surface area (Å²) in [6.45, 7) is 5.43. The first kappa shape index (κ1) is 28.7. The number of nitrogen functional groups attached to an aromatic ring is 1. The van der Waals surface area contributed by atoms with Crippen LogP contribution < -0.4 is 26.4 Å². The predicted molar refractivity (Wildman–Crippen MR) is 142 cm³/mol.